The van der Waals surface area contributed by atoms with E-state index in [-0.39, 0.29) is 6.04 Å². The van der Waals surface area contributed by atoms with Gasteiger partial charge in [0.2, 0.25) is 0 Å². The summed E-state index contributed by atoms with van der Waals surface area (Å²) >= 11 is 0. The molecule has 0 amide bonds. The maximum atomic E-state index is 6.70. The third-order valence-corrected chi connectivity index (χ3v) is 1.10. The summed E-state index contributed by atoms with van der Waals surface area (Å²) in [6, 6.07) is 0.0312. The first kappa shape index (κ1) is 5.61. The molecule has 1 aliphatic rings. The molecule has 1 fully saturated rings. The molecule has 0 aromatic carbocycles. The Balaban J connectivity index is 2.25. The van der Waals surface area contributed by atoms with Crippen LogP contribution in [0, 0.1) is 12.3 Å². The Morgan fingerprint density at radius 1 is 1.75 bits per heavy atom. The Morgan fingerprint density at radius 3 is 3.00 bits per heavy atom. The van der Waals surface area contributed by atoms with Crippen molar-refractivity contribution in [3.05, 3.63) is 6.42 Å². The highest BCUT2D eigenvalue weighted by Crippen LogP contribution is 1.88. The molecule has 0 aromatic heterocycles. The largest absolute Gasteiger partial charge is 0.377 e. The summed E-state index contributed by atoms with van der Waals surface area (Å²) < 4.78 is 5.03. The fraction of sp³-hybridized carbons (Fsp3) is 0.667. The Kier molecular flexibility index (Phi) is 1.90. The van der Waals surface area contributed by atoms with Crippen molar-refractivity contribution in [2.24, 2.45) is 0 Å². The molecule has 1 atom stereocenters. The summed E-state index contributed by atoms with van der Waals surface area (Å²) in [6.07, 6.45) is 6.70. The van der Waals surface area contributed by atoms with Crippen molar-refractivity contribution < 1.29 is 4.74 Å². The number of ether oxygens (including phenoxy) is 1. The van der Waals surface area contributed by atoms with Crippen LogP contribution in [0.4, 0.5) is 0 Å². The number of hydrogen-bond acceptors (Lipinski definition) is 2. The van der Waals surface area contributed by atoms with Gasteiger partial charge in [-0.3, -0.25) is 5.32 Å². The van der Waals surface area contributed by atoms with Crippen molar-refractivity contribution in [2.75, 3.05) is 19.8 Å². The van der Waals surface area contributed by atoms with Crippen LogP contribution in [0.25, 0.3) is 0 Å². The van der Waals surface area contributed by atoms with Crippen LogP contribution < -0.4 is 5.32 Å². The van der Waals surface area contributed by atoms with E-state index in [9.17, 15) is 0 Å². The lowest BCUT2D eigenvalue weighted by Crippen LogP contribution is -2.39. The highest BCUT2D eigenvalue weighted by Gasteiger charge is 2.07. The van der Waals surface area contributed by atoms with Gasteiger partial charge in [-0.25, -0.2) is 0 Å². The van der Waals surface area contributed by atoms with Crippen LogP contribution in [0.2, 0.25) is 0 Å². The minimum absolute atomic E-state index is 0.0312. The van der Waals surface area contributed by atoms with Crippen molar-refractivity contribution in [1.29, 1.82) is 0 Å². The van der Waals surface area contributed by atoms with Gasteiger partial charge in [-0.2, -0.15) is 0 Å². The Morgan fingerprint density at radius 2 is 2.62 bits per heavy atom. The first-order chi connectivity index (χ1) is 3.93. The fourth-order valence-electron chi connectivity index (χ4n) is 0.658. The van der Waals surface area contributed by atoms with E-state index in [1.54, 1.807) is 0 Å². The number of morpholine rings is 1. The Labute approximate surface area is 49.2 Å². The van der Waals surface area contributed by atoms with E-state index in [0.717, 1.165) is 13.2 Å². The molecular formula is C6H8NO. The lowest BCUT2D eigenvalue weighted by molar-refractivity contribution is 0.0925. The standard InChI is InChI=1S/C6H8NO/c1-2-6-5-8-4-3-7-6/h6-7H,3-5H2. The molecule has 2 nitrogen and oxygen atoms in total. The number of rotatable bonds is 0. The molecule has 8 heavy (non-hydrogen) atoms. The van der Waals surface area contributed by atoms with Crippen molar-refractivity contribution in [3.8, 4) is 5.92 Å². The summed E-state index contributed by atoms with van der Waals surface area (Å²) in [5.41, 5.74) is 0. The molecule has 1 heterocycles. The lowest BCUT2D eigenvalue weighted by atomic mass is 10.3. The zero-order valence-corrected chi connectivity index (χ0v) is 4.61. The van der Waals surface area contributed by atoms with Crippen molar-refractivity contribution in [3.63, 3.8) is 0 Å². The maximum Gasteiger partial charge on any atom is 0.0937 e. The van der Waals surface area contributed by atoms with Gasteiger partial charge in [0.05, 0.1) is 19.3 Å². The van der Waals surface area contributed by atoms with E-state index in [4.69, 9.17) is 11.2 Å². The predicted octanol–water partition coefficient (Wildman–Crippen LogP) is -0.435. The van der Waals surface area contributed by atoms with E-state index < -0.39 is 0 Å². The summed E-state index contributed by atoms with van der Waals surface area (Å²) in [6.45, 7) is 2.21. The average Bonchev–Trinajstić information content (AvgIpc) is 1.90. The second-order valence-electron chi connectivity index (χ2n) is 1.73. The Bertz CT molecular complexity index is 99.6. The number of hydrogen-bond donors (Lipinski definition) is 1. The fourth-order valence-corrected chi connectivity index (χ4v) is 0.658. The quantitative estimate of drug-likeness (QED) is 0.427. The van der Waals surface area contributed by atoms with Gasteiger partial charge in [0.15, 0.2) is 0 Å². The van der Waals surface area contributed by atoms with Gasteiger partial charge in [0.1, 0.15) is 0 Å². The maximum absolute atomic E-state index is 6.70. The zero-order valence-electron chi connectivity index (χ0n) is 4.61. The third kappa shape index (κ3) is 1.22. The van der Waals surface area contributed by atoms with Crippen LogP contribution >= 0.6 is 0 Å². The van der Waals surface area contributed by atoms with E-state index >= 15 is 0 Å². The molecule has 43 valence electrons. The smallest absolute Gasteiger partial charge is 0.0937 e. The molecule has 1 saturated heterocycles. The first-order valence-corrected chi connectivity index (χ1v) is 2.67. The van der Waals surface area contributed by atoms with Gasteiger partial charge in [0.25, 0.3) is 0 Å². The van der Waals surface area contributed by atoms with Gasteiger partial charge in [-0.05, 0) is 6.42 Å². The summed E-state index contributed by atoms with van der Waals surface area (Å²) in [5.74, 6) is 2.32. The third-order valence-electron chi connectivity index (χ3n) is 1.10. The van der Waals surface area contributed by atoms with E-state index in [1.165, 1.54) is 0 Å². The van der Waals surface area contributed by atoms with Crippen molar-refractivity contribution in [1.82, 2.24) is 5.32 Å². The first-order valence-electron chi connectivity index (χ1n) is 2.67. The van der Waals surface area contributed by atoms with E-state index in [0.29, 0.717) is 6.61 Å². The summed E-state index contributed by atoms with van der Waals surface area (Å²) in [7, 11) is 0. The second kappa shape index (κ2) is 2.71. The molecule has 1 radical (unpaired) electrons. The van der Waals surface area contributed by atoms with Crippen LogP contribution in [0.15, 0.2) is 0 Å². The molecule has 2 heteroatoms. The number of nitrogens with one attached hydrogen (secondary N) is 1. The molecule has 0 saturated carbocycles. The summed E-state index contributed by atoms with van der Waals surface area (Å²) in [5, 5.41) is 3.05. The average molecular weight is 110 g/mol. The van der Waals surface area contributed by atoms with Crippen LogP contribution in [0.3, 0.4) is 0 Å². The normalized spacial score (nSPS) is 29.1. The molecule has 1 unspecified atom stereocenters. The summed E-state index contributed by atoms with van der Waals surface area (Å²) in [4.78, 5) is 0. The highest BCUT2D eigenvalue weighted by molar-refractivity contribution is 4.94. The van der Waals surface area contributed by atoms with Crippen molar-refractivity contribution in [2.45, 2.75) is 6.04 Å². The van der Waals surface area contributed by atoms with Gasteiger partial charge in [0, 0.05) is 6.54 Å². The molecule has 0 bridgehead atoms. The van der Waals surface area contributed by atoms with Crippen LogP contribution in [-0.2, 0) is 4.74 Å². The van der Waals surface area contributed by atoms with Crippen LogP contribution in [0.1, 0.15) is 0 Å². The van der Waals surface area contributed by atoms with Gasteiger partial charge in [-0.15, -0.1) is 0 Å². The van der Waals surface area contributed by atoms with Gasteiger partial charge >= 0.3 is 0 Å². The SMILES string of the molecule is [C]#CC1COCCN1. The molecule has 1 aliphatic heterocycles. The lowest BCUT2D eigenvalue weighted by Gasteiger charge is -2.18. The monoisotopic (exact) mass is 110 g/mol. The molecule has 0 aromatic rings. The predicted molar refractivity (Wildman–Crippen MR) is 29.7 cm³/mol. The molecule has 1 rings (SSSR count). The molecule has 1 N–H and O–H groups in total. The topological polar surface area (TPSA) is 21.3 Å². The molecule has 0 spiro atoms. The van der Waals surface area contributed by atoms with Crippen molar-refractivity contribution >= 4 is 0 Å². The minimum Gasteiger partial charge on any atom is -0.377 e. The van der Waals surface area contributed by atoms with E-state index in [1.807, 2.05) is 0 Å². The zero-order chi connectivity index (χ0) is 5.82. The molecular weight excluding hydrogens is 102 g/mol. The van der Waals surface area contributed by atoms with Crippen LogP contribution in [0.5, 0.6) is 0 Å². The second-order valence-corrected chi connectivity index (χ2v) is 1.73. The molecule has 0 aliphatic carbocycles. The Hall–Kier alpha value is -0.520. The van der Waals surface area contributed by atoms with Gasteiger partial charge in [-0.1, -0.05) is 5.92 Å². The van der Waals surface area contributed by atoms with Crippen LogP contribution in [-0.4, -0.2) is 25.8 Å². The highest BCUT2D eigenvalue weighted by atomic mass is 16.5. The minimum atomic E-state index is 0.0312. The van der Waals surface area contributed by atoms with E-state index in [2.05, 4.69) is 11.2 Å². The van der Waals surface area contributed by atoms with Gasteiger partial charge < -0.3 is 4.74 Å².